The maximum Gasteiger partial charge on any atom is 0.223 e. The smallest absolute Gasteiger partial charge is 0.223 e. The van der Waals surface area contributed by atoms with Gasteiger partial charge in [-0.15, -0.1) is 0 Å². The summed E-state index contributed by atoms with van der Waals surface area (Å²) in [5.41, 5.74) is 1.36. The number of hydrogen-bond donors (Lipinski definition) is 1. The number of halogens is 1. The standard InChI is InChI=1S/C27H47NOS.ClH/c1-3-4-5-6-7-8-9-10-11-12-13-14-15-16-20-23-27(29)28-25-30(2)24-26-21-18-17-19-22-26;/h17-19,21-22H,3-16,20,23-25H2,1-2H3;1H. The van der Waals surface area contributed by atoms with Crippen molar-refractivity contribution < 1.29 is 17.2 Å². The molecule has 2 nitrogen and oxygen atoms in total. The molecule has 1 unspecified atom stereocenters. The number of carbonyl (C=O) groups is 1. The number of hydrogen-bond acceptors (Lipinski definition) is 1. The van der Waals surface area contributed by atoms with Crippen LogP contribution in [0.2, 0.25) is 0 Å². The molecule has 180 valence electrons. The molecule has 0 bridgehead atoms. The Morgan fingerprint density at radius 3 is 1.68 bits per heavy atom. The van der Waals surface area contributed by atoms with Crippen molar-refractivity contribution in [1.29, 1.82) is 0 Å². The summed E-state index contributed by atoms with van der Waals surface area (Å²) in [6.07, 6.45) is 23.4. The second kappa shape index (κ2) is 22.5. The highest BCUT2D eigenvalue weighted by Gasteiger charge is 2.13. The molecule has 0 aliphatic heterocycles. The SMILES string of the molecule is CCCCCCCCCCCCCCCCCC(=O)NC[S+](C)Cc1ccccc1.[Cl-]. The van der Waals surface area contributed by atoms with Gasteiger partial charge in [0.25, 0.3) is 0 Å². The van der Waals surface area contributed by atoms with E-state index in [9.17, 15) is 4.79 Å². The summed E-state index contributed by atoms with van der Waals surface area (Å²) in [7, 11) is 0.208. The summed E-state index contributed by atoms with van der Waals surface area (Å²) in [5.74, 6) is 2.10. The van der Waals surface area contributed by atoms with Crippen molar-refractivity contribution in [3.63, 3.8) is 0 Å². The Morgan fingerprint density at radius 2 is 1.19 bits per heavy atom. The summed E-state index contributed by atoms with van der Waals surface area (Å²) < 4.78 is 0. The maximum atomic E-state index is 12.0. The predicted molar refractivity (Wildman–Crippen MR) is 136 cm³/mol. The molecule has 1 N–H and O–H groups in total. The Bertz CT molecular complexity index is 511. The van der Waals surface area contributed by atoms with E-state index < -0.39 is 0 Å². The van der Waals surface area contributed by atoms with Crippen LogP contribution >= 0.6 is 0 Å². The minimum atomic E-state index is 0. The highest BCUT2D eigenvalue weighted by molar-refractivity contribution is 7.95. The minimum absolute atomic E-state index is 0. The van der Waals surface area contributed by atoms with E-state index >= 15 is 0 Å². The van der Waals surface area contributed by atoms with Crippen LogP contribution < -0.4 is 17.7 Å². The molecular weight excluding hydrogens is 422 g/mol. The van der Waals surface area contributed by atoms with Gasteiger partial charge in [0.2, 0.25) is 5.91 Å². The van der Waals surface area contributed by atoms with Gasteiger partial charge < -0.3 is 17.7 Å². The topological polar surface area (TPSA) is 29.1 Å². The molecule has 4 heteroatoms. The highest BCUT2D eigenvalue weighted by Crippen LogP contribution is 2.13. The summed E-state index contributed by atoms with van der Waals surface area (Å²) >= 11 is 0. The van der Waals surface area contributed by atoms with Crippen molar-refractivity contribution in [1.82, 2.24) is 5.32 Å². The Hall–Kier alpha value is -0.670. The first-order valence-electron chi connectivity index (χ1n) is 12.6. The molecule has 0 spiro atoms. The van der Waals surface area contributed by atoms with Gasteiger partial charge in [0, 0.05) is 22.9 Å². The van der Waals surface area contributed by atoms with Crippen LogP contribution in [0.4, 0.5) is 0 Å². The van der Waals surface area contributed by atoms with Crippen LogP contribution in [0.5, 0.6) is 0 Å². The van der Waals surface area contributed by atoms with E-state index in [1.165, 1.54) is 95.5 Å². The summed E-state index contributed by atoms with van der Waals surface area (Å²) in [6, 6.07) is 10.6. The van der Waals surface area contributed by atoms with E-state index in [2.05, 4.69) is 48.8 Å². The number of rotatable bonds is 20. The zero-order valence-electron chi connectivity index (χ0n) is 20.3. The number of nitrogens with one attached hydrogen (secondary N) is 1. The van der Waals surface area contributed by atoms with Crippen LogP contribution in [-0.4, -0.2) is 18.0 Å². The monoisotopic (exact) mass is 469 g/mol. The van der Waals surface area contributed by atoms with E-state index in [4.69, 9.17) is 0 Å². The second-order valence-corrected chi connectivity index (χ2v) is 11.0. The fourth-order valence-corrected chi connectivity index (χ4v) is 5.13. The average Bonchev–Trinajstić information content (AvgIpc) is 2.75. The normalized spacial score (nSPS) is 11.7. The van der Waals surface area contributed by atoms with Crippen LogP contribution in [0.3, 0.4) is 0 Å². The Kier molecular flexibility index (Phi) is 22.0. The average molecular weight is 470 g/mol. The first kappa shape index (κ1) is 30.3. The van der Waals surface area contributed by atoms with Gasteiger partial charge >= 0.3 is 0 Å². The molecule has 1 amide bonds. The molecule has 1 atom stereocenters. The molecule has 0 saturated heterocycles. The zero-order chi connectivity index (χ0) is 21.7. The van der Waals surface area contributed by atoms with Gasteiger partial charge in [-0.3, -0.25) is 4.79 Å². The third-order valence-electron chi connectivity index (χ3n) is 5.78. The lowest BCUT2D eigenvalue weighted by molar-refractivity contribution is -0.120. The van der Waals surface area contributed by atoms with Crippen LogP contribution in [0, 0.1) is 0 Å². The lowest BCUT2D eigenvalue weighted by Crippen LogP contribution is -3.00. The van der Waals surface area contributed by atoms with Crippen molar-refractivity contribution in [2.24, 2.45) is 0 Å². The highest BCUT2D eigenvalue weighted by atomic mass is 35.5. The molecule has 0 aliphatic rings. The predicted octanol–water partition coefficient (Wildman–Crippen LogP) is 4.77. The first-order valence-corrected chi connectivity index (χ1v) is 14.6. The maximum absolute atomic E-state index is 12.0. The molecular formula is C27H48ClNOS. The molecule has 1 aromatic rings. The Morgan fingerprint density at radius 1 is 0.742 bits per heavy atom. The van der Waals surface area contributed by atoms with Gasteiger partial charge in [0.05, 0.1) is 6.26 Å². The van der Waals surface area contributed by atoms with Gasteiger partial charge in [-0.2, -0.15) is 0 Å². The summed E-state index contributed by atoms with van der Waals surface area (Å²) in [5, 5.41) is 3.13. The van der Waals surface area contributed by atoms with E-state index in [0.29, 0.717) is 6.42 Å². The number of benzene rings is 1. The van der Waals surface area contributed by atoms with Crippen molar-refractivity contribution in [2.75, 3.05) is 12.1 Å². The molecule has 0 heterocycles. The summed E-state index contributed by atoms with van der Waals surface area (Å²) in [6.45, 7) is 2.28. The zero-order valence-corrected chi connectivity index (χ0v) is 21.9. The molecule has 0 aromatic heterocycles. The van der Waals surface area contributed by atoms with Crippen LogP contribution in [0.25, 0.3) is 0 Å². The van der Waals surface area contributed by atoms with E-state index in [0.717, 1.165) is 18.1 Å². The van der Waals surface area contributed by atoms with Gasteiger partial charge in [0.15, 0.2) is 5.88 Å². The quantitative estimate of drug-likeness (QED) is 0.216. The third kappa shape index (κ3) is 19.7. The van der Waals surface area contributed by atoms with E-state index in [-0.39, 0.29) is 29.2 Å². The van der Waals surface area contributed by atoms with Gasteiger partial charge in [-0.1, -0.05) is 127 Å². The Labute approximate surface area is 202 Å². The molecule has 0 radical (unpaired) electrons. The number of unbranched alkanes of at least 4 members (excludes halogenated alkanes) is 14. The number of amides is 1. The molecule has 31 heavy (non-hydrogen) atoms. The van der Waals surface area contributed by atoms with Crippen molar-refractivity contribution >= 4 is 16.8 Å². The van der Waals surface area contributed by atoms with Crippen LogP contribution in [0.1, 0.15) is 115 Å². The second-order valence-electron chi connectivity index (χ2n) is 8.86. The lowest BCUT2D eigenvalue weighted by atomic mass is 10.0. The molecule has 0 aliphatic carbocycles. The summed E-state index contributed by atoms with van der Waals surface area (Å²) in [4.78, 5) is 12.0. The fourth-order valence-electron chi connectivity index (χ4n) is 3.86. The largest absolute Gasteiger partial charge is 1.00 e. The fraction of sp³-hybridized carbons (Fsp3) is 0.741. The third-order valence-corrected chi connectivity index (χ3v) is 7.24. The van der Waals surface area contributed by atoms with E-state index in [1.54, 1.807) is 0 Å². The first-order chi connectivity index (χ1) is 14.7. The van der Waals surface area contributed by atoms with Gasteiger partial charge in [0.1, 0.15) is 5.75 Å². The van der Waals surface area contributed by atoms with E-state index in [1.807, 2.05) is 0 Å². The van der Waals surface area contributed by atoms with Crippen molar-refractivity contribution in [3.05, 3.63) is 35.9 Å². The van der Waals surface area contributed by atoms with Crippen LogP contribution in [0.15, 0.2) is 30.3 Å². The minimum Gasteiger partial charge on any atom is -1.00 e. The number of carbonyl (C=O) groups excluding carboxylic acids is 1. The van der Waals surface area contributed by atoms with Crippen molar-refractivity contribution in [2.45, 2.75) is 115 Å². The lowest BCUT2D eigenvalue weighted by Gasteiger charge is -2.06. The Balaban J connectivity index is 0.00000900. The van der Waals surface area contributed by atoms with Gasteiger partial charge in [-0.05, 0) is 6.42 Å². The van der Waals surface area contributed by atoms with Crippen molar-refractivity contribution in [3.8, 4) is 0 Å². The van der Waals surface area contributed by atoms with Crippen LogP contribution in [-0.2, 0) is 21.4 Å². The molecule has 0 fully saturated rings. The molecule has 0 saturated carbocycles. The molecule has 1 rings (SSSR count). The molecule has 1 aromatic carbocycles. The van der Waals surface area contributed by atoms with Gasteiger partial charge in [-0.25, -0.2) is 0 Å².